The van der Waals surface area contributed by atoms with Crippen molar-refractivity contribution in [2.45, 2.75) is 32.8 Å². The van der Waals surface area contributed by atoms with Crippen molar-refractivity contribution in [2.75, 3.05) is 36.5 Å². The van der Waals surface area contributed by atoms with Crippen LogP contribution in [0.15, 0.2) is 18.2 Å². The lowest BCUT2D eigenvalue weighted by Crippen LogP contribution is -2.42. The van der Waals surface area contributed by atoms with Crippen molar-refractivity contribution in [1.29, 1.82) is 0 Å². The monoisotopic (exact) mass is 293 g/mol. The van der Waals surface area contributed by atoms with E-state index in [-0.39, 0.29) is 16.7 Å². The van der Waals surface area contributed by atoms with Crippen molar-refractivity contribution in [3.63, 3.8) is 0 Å². The predicted octanol–water partition coefficient (Wildman–Crippen LogP) is 3.03. The molecule has 6 nitrogen and oxygen atoms in total. The van der Waals surface area contributed by atoms with Gasteiger partial charge in [-0.1, -0.05) is 13.8 Å². The topological polar surface area (TPSA) is 67.6 Å². The van der Waals surface area contributed by atoms with Gasteiger partial charge >= 0.3 is 0 Å². The van der Waals surface area contributed by atoms with Crippen LogP contribution in [0, 0.1) is 10.1 Å². The highest BCUT2D eigenvalue weighted by atomic mass is 16.6. The second-order valence-corrected chi connectivity index (χ2v) is 5.27. The Morgan fingerprint density at radius 2 is 2.24 bits per heavy atom. The number of nitro groups is 1. The highest BCUT2D eigenvalue weighted by Crippen LogP contribution is 2.28. The minimum Gasteiger partial charge on any atom is -0.385 e. The minimum atomic E-state index is -0.335. The van der Waals surface area contributed by atoms with Crippen LogP contribution in [0.3, 0.4) is 0 Å². The fourth-order valence-electron chi connectivity index (χ4n) is 2.46. The second kappa shape index (κ2) is 7.26. The van der Waals surface area contributed by atoms with E-state index in [1.165, 1.54) is 0 Å². The molecular formula is C15H23N3O3. The van der Waals surface area contributed by atoms with E-state index in [9.17, 15) is 10.1 Å². The predicted molar refractivity (Wildman–Crippen MR) is 84.1 cm³/mol. The zero-order valence-electron chi connectivity index (χ0n) is 12.7. The molecule has 1 aliphatic rings. The lowest BCUT2D eigenvalue weighted by Gasteiger charge is -2.34. The molecule has 0 saturated carbocycles. The maximum atomic E-state index is 11.1. The van der Waals surface area contributed by atoms with Crippen molar-refractivity contribution in [1.82, 2.24) is 0 Å². The standard InChI is InChI=1S/C15H23N3O3/c1-3-5-16-12-8-13(10-14(9-12)18(19)20)17-6-7-21-15(4-2)11-17/h8-10,15-16H,3-7,11H2,1-2H3. The first kappa shape index (κ1) is 15.6. The van der Waals surface area contributed by atoms with Gasteiger partial charge in [-0.2, -0.15) is 0 Å². The van der Waals surface area contributed by atoms with Gasteiger partial charge in [0, 0.05) is 43.1 Å². The summed E-state index contributed by atoms with van der Waals surface area (Å²) in [4.78, 5) is 13.0. The molecule has 1 N–H and O–H groups in total. The summed E-state index contributed by atoms with van der Waals surface area (Å²) in [5.41, 5.74) is 1.83. The molecule has 6 heteroatoms. The smallest absolute Gasteiger partial charge is 0.273 e. The number of morpholine rings is 1. The molecule has 116 valence electrons. The quantitative estimate of drug-likeness (QED) is 0.645. The summed E-state index contributed by atoms with van der Waals surface area (Å²) in [6, 6.07) is 5.23. The van der Waals surface area contributed by atoms with Crippen LogP contribution in [0.25, 0.3) is 0 Å². The fraction of sp³-hybridized carbons (Fsp3) is 0.600. The van der Waals surface area contributed by atoms with Gasteiger partial charge in [0.2, 0.25) is 0 Å². The molecule has 0 aromatic heterocycles. The summed E-state index contributed by atoms with van der Waals surface area (Å²) in [5, 5.41) is 14.3. The summed E-state index contributed by atoms with van der Waals surface area (Å²) in [7, 11) is 0. The van der Waals surface area contributed by atoms with Crippen LogP contribution in [-0.4, -0.2) is 37.3 Å². The number of nitrogens with zero attached hydrogens (tertiary/aromatic N) is 2. The Balaban J connectivity index is 2.24. The van der Waals surface area contributed by atoms with Gasteiger partial charge in [0.1, 0.15) is 0 Å². The van der Waals surface area contributed by atoms with Gasteiger partial charge in [0.25, 0.3) is 5.69 Å². The number of nitro benzene ring substituents is 1. The average molecular weight is 293 g/mol. The first-order valence-corrected chi connectivity index (χ1v) is 7.54. The molecule has 1 heterocycles. The van der Waals surface area contributed by atoms with E-state index in [1.54, 1.807) is 12.1 Å². The van der Waals surface area contributed by atoms with Crippen LogP contribution in [-0.2, 0) is 4.74 Å². The van der Waals surface area contributed by atoms with Gasteiger partial charge in [-0.3, -0.25) is 10.1 Å². The van der Waals surface area contributed by atoms with E-state index in [2.05, 4.69) is 24.1 Å². The Hall–Kier alpha value is -1.82. The van der Waals surface area contributed by atoms with E-state index in [0.29, 0.717) is 6.61 Å². The number of ether oxygens (including phenoxy) is 1. The Bertz CT molecular complexity index is 493. The maximum absolute atomic E-state index is 11.1. The minimum absolute atomic E-state index is 0.130. The SMILES string of the molecule is CCCNc1cc(N2CCOC(CC)C2)cc([N+](=O)[O-])c1. The van der Waals surface area contributed by atoms with Gasteiger partial charge < -0.3 is 15.0 Å². The molecule has 21 heavy (non-hydrogen) atoms. The van der Waals surface area contributed by atoms with Gasteiger partial charge in [0.05, 0.1) is 17.6 Å². The second-order valence-electron chi connectivity index (χ2n) is 5.27. The van der Waals surface area contributed by atoms with Gasteiger partial charge in [-0.05, 0) is 18.9 Å². The lowest BCUT2D eigenvalue weighted by molar-refractivity contribution is -0.384. The van der Waals surface area contributed by atoms with Crippen LogP contribution >= 0.6 is 0 Å². The number of hydrogen-bond acceptors (Lipinski definition) is 5. The first-order valence-electron chi connectivity index (χ1n) is 7.54. The summed E-state index contributed by atoms with van der Waals surface area (Å²) >= 11 is 0. The number of hydrogen-bond donors (Lipinski definition) is 1. The summed E-state index contributed by atoms with van der Waals surface area (Å²) < 4.78 is 5.66. The van der Waals surface area contributed by atoms with Crippen molar-refractivity contribution in [3.8, 4) is 0 Å². The zero-order chi connectivity index (χ0) is 15.2. The van der Waals surface area contributed by atoms with Crippen molar-refractivity contribution in [3.05, 3.63) is 28.3 Å². The van der Waals surface area contributed by atoms with Gasteiger partial charge in [-0.25, -0.2) is 0 Å². The van der Waals surface area contributed by atoms with Crippen LogP contribution in [0.1, 0.15) is 26.7 Å². The Labute approximate surface area is 125 Å². The van der Waals surface area contributed by atoms with Crippen LogP contribution in [0.4, 0.5) is 17.1 Å². The number of anilines is 2. The van der Waals surface area contributed by atoms with E-state index >= 15 is 0 Å². The molecule has 1 aromatic carbocycles. The van der Waals surface area contributed by atoms with Crippen LogP contribution in [0.2, 0.25) is 0 Å². The molecule has 1 aromatic rings. The number of nitrogens with one attached hydrogen (secondary N) is 1. The molecule has 2 rings (SSSR count). The fourth-order valence-corrected chi connectivity index (χ4v) is 2.46. The van der Waals surface area contributed by atoms with Gasteiger partial charge in [0.15, 0.2) is 0 Å². The normalized spacial score (nSPS) is 18.6. The Kier molecular flexibility index (Phi) is 5.38. The molecule has 1 unspecified atom stereocenters. The summed E-state index contributed by atoms with van der Waals surface area (Å²) in [6.45, 7) is 7.19. The largest absolute Gasteiger partial charge is 0.385 e. The molecule has 1 aliphatic heterocycles. The molecule has 1 saturated heterocycles. The Morgan fingerprint density at radius 3 is 2.90 bits per heavy atom. The third-order valence-corrected chi connectivity index (χ3v) is 3.65. The molecule has 0 aliphatic carbocycles. The zero-order valence-corrected chi connectivity index (χ0v) is 12.7. The first-order chi connectivity index (χ1) is 10.1. The summed E-state index contributed by atoms with van der Waals surface area (Å²) in [6.07, 6.45) is 2.13. The van der Waals surface area contributed by atoms with Crippen molar-refractivity contribution in [2.24, 2.45) is 0 Å². The molecule has 1 atom stereocenters. The third kappa shape index (κ3) is 4.07. The van der Waals surface area contributed by atoms with Crippen molar-refractivity contribution >= 4 is 17.1 Å². The van der Waals surface area contributed by atoms with E-state index in [4.69, 9.17) is 4.74 Å². The molecule has 0 amide bonds. The molecule has 0 bridgehead atoms. The highest BCUT2D eigenvalue weighted by Gasteiger charge is 2.21. The lowest BCUT2D eigenvalue weighted by atomic mass is 10.1. The Morgan fingerprint density at radius 1 is 1.43 bits per heavy atom. The van der Waals surface area contributed by atoms with Crippen LogP contribution in [0.5, 0.6) is 0 Å². The number of rotatable bonds is 6. The van der Waals surface area contributed by atoms with Gasteiger partial charge in [-0.15, -0.1) is 0 Å². The molecule has 0 spiro atoms. The number of non-ortho nitro benzene ring substituents is 1. The van der Waals surface area contributed by atoms with Crippen molar-refractivity contribution < 1.29 is 9.66 Å². The maximum Gasteiger partial charge on any atom is 0.273 e. The highest BCUT2D eigenvalue weighted by molar-refractivity contribution is 5.64. The van der Waals surface area contributed by atoms with E-state index < -0.39 is 0 Å². The summed E-state index contributed by atoms with van der Waals surface area (Å²) in [5.74, 6) is 0. The molecular weight excluding hydrogens is 270 g/mol. The third-order valence-electron chi connectivity index (χ3n) is 3.65. The average Bonchev–Trinajstić information content (AvgIpc) is 2.52. The van der Waals surface area contributed by atoms with E-state index in [1.807, 2.05) is 6.07 Å². The molecule has 0 radical (unpaired) electrons. The number of benzene rings is 1. The van der Waals surface area contributed by atoms with Crippen LogP contribution < -0.4 is 10.2 Å². The molecule has 1 fully saturated rings. The van der Waals surface area contributed by atoms with E-state index in [0.717, 1.165) is 43.9 Å².